The van der Waals surface area contributed by atoms with Crippen LogP contribution in [0.1, 0.15) is 11.1 Å². The van der Waals surface area contributed by atoms with Gasteiger partial charge in [0.25, 0.3) is 0 Å². The fourth-order valence-corrected chi connectivity index (χ4v) is 2.81. The second kappa shape index (κ2) is 8.06. The van der Waals surface area contributed by atoms with Crippen LogP contribution in [0.4, 0.5) is 0 Å². The summed E-state index contributed by atoms with van der Waals surface area (Å²) in [6.45, 7) is 0.985. The van der Waals surface area contributed by atoms with Crippen LogP contribution >= 0.6 is 11.6 Å². The Morgan fingerprint density at radius 2 is 1.76 bits per heavy atom. The van der Waals surface area contributed by atoms with Gasteiger partial charge in [0, 0.05) is 5.02 Å². The van der Waals surface area contributed by atoms with Crippen LogP contribution in [0, 0.1) is 5.92 Å². The number of ether oxygens (including phenoxy) is 1. The van der Waals surface area contributed by atoms with Crippen molar-refractivity contribution in [3.8, 4) is 5.75 Å². The highest BCUT2D eigenvalue weighted by molar-refractivity contribution is 6.30. The summed E-state index contributed by atoms with van der Waals surface area (Å²) in [7, 11) is 3.69. The Labute approximate surface area is 132 Å². The molecule has 0 fully saturated rings. The van der Waals surface area contributed by atoms with E-state index in [2.05, 4.69) is 29.6 Å². The summed E-state index contributed by atoms with van der Waals surface area (Å²) in [6.07, 6.45) is 2.06. The van der Waals surface area contributed by atoms with Crippen molar-refractivity contribution in [2.24, 2.45) is 5.92 Å². The standard InChI is InChI=1S/C18H22ClNO/c1-20-13-16(11-15-4-3-5-17(19)12-15)10-14-6-8-18(21-2)9-7-14/h3-9,12,16,20H,10-11,13H2,1-2H3. The summed E-state index contributed by atoms with van der Waals surface area (Å²) in [5.41, 5.74) is 2.62. The lowest BCUT2D eigenvalue weighted by Gasteiger charge is -2.17. The second-order valence-corrected chi connectivity index (χ2v) is 5.75. The number of hydrogen-bond acceptors (Lipinski definition) is 2. The van der Waals surface area contributed by atoms with Gasteiger partial charge in [-0.2, -0.15) is 0 Å². The molecule has 2 aromatic carbocycles. The molecule has 0 aliphatic carbocycles. The van der Waals surface area contributed by atoms with Gasteiger partial charge in [0.1, 0.15) is 5.75 Å². The minimum atomic E-state index is 0.543. The monoisotopic (exact) mass is 303 g/mol. The molecule has 0 aromatic heterocycles. The third-order valence-corrected chi connectivity index (χ3v) is 3.82. The van der Waals surface area contributed by atoms with Crippen LogP contribution < -0.4 is 10.1 Å². The van der Waals surface area contributed by atoms with E-state index in [0.717, 1.165) is 30.2 Å². The van der Waals surface area contributed by atoms with Crippen LogP contribution in [0.25, 0.3) is 0 Å². The van der Waals surface area contributed by atoms with Crippen LogP contribution in [0.2, 0.25) is 5.02 Å². The van der Waals surface area contributed by atoms with E-state index >= 15 is 0 Å². The second-order valence-electron chi connectivity index (χ2n) is 5.31. The first-order valence-electron chi connectivity index (χ1n) is 7.23. The first-order valence-corrected chi connectivity index (χ1v) is 7.61. The molecule has 0 saturated heterocycles. The fraction of sp³-hybridized carbons (Fsp3) is 0.333. The van der Waals surface area contributed by atoms with Gasteiger partial charge in [-0.3, -0.25) is 0 Å². The maximum Gasteiger partial charge on any atom is 0.118 e. The lowest BCUT2D eigenvalue weighted by molar-refractivity contribution is 0.414. The van der Waals surface area contributed by atoms with E-state index in [4.69, 9.17) is 16.3 Å². The Kier molecular flexibility index (Phi) is 6.09. The molecule has 0 aliphatic rings. The van der Waals surface area contributed by atoms with E-state index in [1.807, 2.05) is 31.3 Å². The third kappa shape index (κ3) is 5.07. The number of methoxy groups -OCH3 is 1. The molecular formula is C18H22ClNO. The summed E-state index contributed by atoms with van der Waals surface area (Å²) in [4.78, 5) is 0. The SMILES string of the molecule is CNCC(Cc1ccc(OC)cc1)Cc1cccc(Cl)c1. The molecule has 2 rings (SSSR count). The molecule has 1 N–H and O–H groups in total. The number of rotatable bonds is 7. The molecule has 1 unspecified atom stereocenters. The van der Waals surface area contributed by atoms with Crippen molar-refractivity contribution in [3.63, 3.8) is 0 Å². The van der Waals surface area contributed by atoms with Gasteiger partial charge >= 0.3 is 0 Å². The fourth-order valence-electron chi connectivity index (χ4n) is 2.60. The summed E-state index contributed by atoms with van der Waals surface area (Å²) in [5.74, 6) is 1.45. The molecule has 2 aromatic rings. The average Bonchev–Trinajstić information content (AvgIpc) is 2.48. The average molecular weight is 304 g/mol. The van der Waals surface area contributed by atoms with E-state index in [1.165, 1.54) is 11.1 Å². The van der Waals surface area contributed by atoms with Crippen LogP contribution in [-0.4, -0.2) is 20.7 Å². The third-order valence-electron chi connectivity index (χ3n) is 3.59. The minimum Gasteiger partial charge on any atom is -0.497 e. The van der Waals surface area contributed by atoms with Crippen molar-refractivity contribution in [1.29, 1.82) is 0 Å². The maximum atomic E-state index is 6.07. The molecule has 1 atom stereocenters. The van der Waals surface area contributed by atoms with E-state index in [-0.39, 0.29) is 0 Å². The molecule has 0 bridgehead atoms. The van der Waals surface area contributed by atoms with Gasteiger partial charge in [-0.1, -0.05) is 35.9 Å². The minimum absolute atomic E-state index is 0.543. The van der Waals surface area contributed by atoms with E-state index < -0.39 is 0 Å². The molecule has 21 heavy (non-hydrogen) atoms. The van der Waals surface area contributed by atoms with Crippen molar-refractivity contribution in [2.45, 2.75) is 12.8 Å². The Balaban J connectivity index is 2.04. The van der Waals surface area contributed by atoms with Gasteiger partial charge < -0.3 is 10.1 Å². The van der Waals surface area contributed by atoms with Crippen LogP contribution in [0.3, 0.4) is 0 Å². The van der Waals surface area contributed by atoms with Gasteiger partial charge in [0.2, 0.25) is 0 Å². The molecule has 0 heterocycles. The lowest BCUT2D eigenvalue weighted by atomic mass is 9.92. The molecule has 0 radical (unpaired) electrons. The largest absolute Gasteiger partial charge is 0.497 e. The molecule has 0 amide bonds. The highest BCUT2D eigenvalue weighted by Gasteiger charge is 2.10. The number of benzene rings is 2. The zero-order valence-electron chi connectivity index (χ0n) is 12.6. The number of nitrogens with one attached hydrogen (secondary N) is 1. The quantitative estimate of drug-likeness (QED) is 0.835. The van der Waals surface area contributed by atoms with Gasteiger partial charge in [-0.05, 0) is 67.7 Å². The molecule has 0 saturated carbocycles. The van der Waals surface area contributed by atoms with E-state index in [9.17, 15) is 0 Å². The summed E-state index contributed by atoms with van der Waals surface area (Å²) in [5, 5.41) is 4.09. The summed E-state index contributed by atoms with van der Waals surface area (Å²) < 4.78 is 5.20. The Morgan fingerprint density at radius 1 is 1.05 bits per heavy atom. The molecule has 0 spiro atoms. The first kappa shape index (κ1) is 15.9. The van der Waals surface area contributed by atoms with Crippen molar-refractivity contribution < 1.29 is 4.74 Å². The van der Waals surface area contributed by atoms with Crippen molar-refractivity contribution >= 4 is 11.6 Å². The van der Waals surface area contributed by atoms with Gasteiger partial charge in [-0.25, -0.2) is 0 Å². The highest BCUT2D eigenvalue weighted by Crippen LogP contribution is 2.19. The number of halogens is 1. The Bertz CT molecular complexity index is 553. The van der Waals surface area contributed by atoms with E-state index in [1.54, 1.807) is 7.11 Å². The normalized spacial score (nSPS) is 12.1. The highest BCUT2D eigenvalue weighted by atomic mass is 35.5. The van der Waals surface area contributed by atoms with Crippen molar-refractivity contribution in [3.05, 3.63) is 64.7 Å². The smallest absolute Gasteiger partial charge is 0.118 e. The molecule has 0 aliphatic heterocycles. The van der Waals surface area contributed by atoms with Crippen LogP contribution in [-0.2, 0) is 12.8 Å². The van der Waals surface area contributed by atoms with Gasteiger partial charge in [0.05, 0.1) is 7.11 Å². The topological polar surface area (TPSA) is 21.3 Å². The maximum absolute atomic E-state index is 6.07. The summed E-state index contributed by atoms with van der Waals surface area (Å²) in [6, 6.07) is 16.4. The summed E-state index contributed by atoms with van der Waals surface area (Å²) >= 11 is 6.07. The van der Waals surface area contributed by atoms with Crippen molar-refractivity contribution in [2.75, 3.05) is 20.7 Å². The zero-order chi connectivity index (χ0) is 15.1. The lowest BCUT2D eigenvalue weighted by Crippen LogP contribution is -2.22. The Morgan fingerprint density at radius 3 is 2.38 bits per heavy atom. The molecule has 2 nitrogen and oxygen atoms in total. The number of hydrogen-bond donors (Lipinski definition) is 1. The van der Waals surface area contributed by atoms with Crippen molar-refractivity contribution in [1.82, 2.24) is 5.32 Å². The predicted molar refractivity (Wildman–Crippen MR) is 89.3 cm³/mol. The molecule has 112 valence electrons. The van der Waals surface area contributed by atoms with Crippen LogP contribution in [0.5, 0.6) is 5.75 Å². The van der Waals surface area contributed by atoms with Gasteiger partial charge in [-0.15, -0.1) is 0 Å². The predicted octanol–water partition coefficient (Wildman–Crippen LogP) is 3.97. The van der Waals surface area contributed by atoms with Gasteiger partial charge in [0.15, 0.2) is 0 Å². The zero-order valence-corrected chi connectivity index (χ0v) is 13.4. The van der Waals surface area contributed by atoms with Crippen LogP contribution in [0.15, 0.2) is 48.5 Å². The molecule has 3 heteroatoms. The molecular weight excluding hydrogens is 282 g/mol. The van der Waals surface area contributed by atoms with E-state index in [0.29, 0.717) is 5.92 Å². The first-order chi connectivity index (χ1) is 10.2. The Hall–Kier alpha value is -1.51.